The number of hydrogen-bond acceptors (Lipinski definition) is 4. The monoisotopic (exact) mass is 369 g/mol. The summed E-state index contributed by atoms with van der Waals surface area (Å²) in [6.07, 6.45) is -0.834. The molecule has 0 radical (unpaired) electrons. The lowest BCUT2D eigenvalue weighted by Crippen LogP contribution is -2.39. The van der Waals surface area contributed by atoms with Gasteiger partial charge in [0, 0.05) is 0 Å². The summed E-state index contributed by atoms with van der Waals surface area (Å²) in [5.41, 5.74) is 1.96. The van der Waals surface area contributed by atoms with Gasteiger partial charge in [-0.15, -0.1) is 0 Å². The molecule has 2 aromatic carbocycles. The Kier molecular flexibility index (Phi) is 7.41. The van der Waals surface area contributed by atoms with Crippen LogP contribution in [0.5, 0.6) is 5.75 Å². The summed E-state index contributed by atoms with van der Waals surface area (Å²) in [7, 11) is 0. The first-order chi connectivity index (χ1) is 12.8. The van der Waals surface area contributed by atoms with Crippen molar-refractivity contribution in [2.75, 3.05) is 0 Å². The number of rotatable bonds is 8. The molecule has 0 aliphatic rings. The summed E-state index contributed by atoms with van der Waals surface area (Å²) in [6, 6.07) is 16.4. The lowest BCUT2D eigenvalue weighted by Gasteiger charge is -2.22. The Morgan fingerprint density at radius 2 is 1.59 bits per heavy atom. The van der Waals surface area contributed by atoms with Gasteiger partial charge >= 0.3 is 5.97 Å². The second-order valence-electron chi connectivity index (χ2n) is 6.79. The summed E-state index contributed by atoms with van der Waals surface area (Å²) >= 11 is 0. The summed E-state index contributed by atoms with van der Waals surface area (Å²) in [4.78, 5) is 24.7. The first-order valence-electron chi connectivity index (χ1n) is 9.13. The molecule has 0 aliphatic carbocycles. The maximum atomic E-state index is 12.6. The molecule has 1 amide bonds. The van der Waals surface area contributed by atoms with Crippen LogP contribution in [0, 0.1) is 6.92 Å². The van der Waals surface area contributed by atoms with Crippen LogP contribution < -0.4 is 10.1 Å². The zero-order valence-corrected chi connectivity index (χ0v) is 16.3. The fraction of sp³-hybridized carbons (Fsp3) is 0.364. The predicted molar refractivity (Wildman–Crippen MR) is 104 cm³/mol. The van der Waals surface area contributed by atoms with Crippen LogP contribution in [-0.2, 0) is 14.3 Å². The molecule has 2 unspecified atom stereocenters. The van der Waals surface area contributed by atoms with Crippen LogP contribution >= 0.6 is 0 Å². The number of aryl methyl sites for hydroxylation is 1. The molecule has 1 N–H and O–H groups in total. The highest BCUT2D eigenvalue weighted by Crippen LogP contribution is 2.19. The fourth-order valence-electron chi connectivity index (χ4n) is 2.58. The topological polar surface area (TPSA) is 64.6 Å². The van der Waals surface area contributed by atoms with E-state index in [-0.39, 0.29) is 24.4 Å². The Morgan fingerprint density at radius 3 is 2.19 bits per heavy atom. The van der Waals surface area contributed by atoms with Crippen molar-refractivity contribution in [3.05, 3.63) is 65.7 Å². The van der Waals surface area contributed by atoms with Gasteiger partial charge in [-0.05, 0) is 45.4 Å². The Hall–Kier alpha value is -2.82. The van der Waals surface area contributed by atoms with Crippen molar-refractivity contribution < 1.29 is 19.1 Å². The first kappa shape index (κ1) is 20.5. The zero-order valence-electron chi connectivity index (χ0n) is 16.3. The zero-order chi connectivity index (χ0) is 19.8. The number of ether oxygens (including phenoxy) is 2. The van der Waals surface area contributed by atoms with Crippen LogP contribution in [0.2, 0.25) is 0 Å². The molecule has 2 aromatic rings. The van der Waals surface area contributed by atoms with E-state index >= 15 is 0 Å². The average Bonchev–Trinajstić information content (AvgIpc) is 2.63. The molecule has 5 heteroatoms. The van der Waals surface area contributed by atoms with Gasteiger partial charge in [-0.1, -0.05) is 48.0 Å². The van der Waals surface area contributed by atoms with Crippen LogP contribution in [0.15, 0.2) is 54.6 Å². The van der Waals surface area contributed by atoms with E-state index in [1.165, 1.54) is 0 Å². The molecule has 0 saturated heterocycles. The Morgan fingerprint density at radius 1 is 0.963 bits per heavy atom. The maximum absolute atomic E-state index is 12.6. The first-order valence-corrected chi connectivity index (χ1v) is 9.13. The van der Waals surface area contributed by atoms with E-state index in [2.05, 4.69) is 5.32 Å². The van der Waals surface area contributed by atoms with Crippen LogP contribution in [0.3, 0.4) is 0 Å². The van der Waals surface area contributed by atoms with Crippen LogP contribution in [-0.4, -0.2) is 24.1 Å². The largest absolute Gasteiger partial charge is 0.481 e. The van der Waals surface area contributed by atoms with Gasteiger partial charge in [-0.3, -0.25) is 9.59 Å². The van der Waals surface area contributed by atoms with Crippen molar-refractivity contribution in [1.82, 2.24) is 5.32 Å². The van der Waals surface area contributed by atoms with Crippen LogP contribution in [0.1, 0.15) is 44.4 Å². The Balaban J connectivity index is 2.05. The Labute approximate surface area is 160 Å². The van der Waals surface area contributed by atoms with Crippen molar-refractivity contribution in [1.29, 1.82) is 0 Å². The van der Waals surface area contributed by atoms with Gasteiger partial charge in [-0.2, -0.15) is 0 Å². The van der Waals surface area contributed by atoms with Crippen molar-refractivity contribution in [3.8, 4) is 5.75 Å². The molecule has 144 valence electrons. The van der Waals surface area contributed by atoms with E-state index < -0.39 is 12.1 Å². The van der Waals surface area contributed by atoms with E-state index in [9.17, 15) is 9.59 Å². The van der Waals surface area contributed by atoms with Crippen molar-refractivity contribution in [2.24, 2.45) is 0 Å². The number of hydrogen-bond donors (Lipinski definition) is 1. The van der Waals surface area contributed by atoms with E-state index in [1.54, 1.807) is 20.8 Å². The molecule has 27 heavy (non-hydrogen) atoms. The molecule has 0 aliphatic heterocycles. The highest BCUT2D eigenvalue weighted by atomic mass is 16.5. The number of nitrogens with one attached hydrogen (secondary N) is 1. The van der Waals surface area contributed by atoms with Crippen molar-refractivity contribution in [3.63, 3.8) is 0 Å². The number of esters is 1. The van der Waals surface area contributed by atoms with Crippen molar-refractivity contribution in [2.45, 2.75) is 52.4 Å². The van der Waals surface area contributed by atoms with E-state index in [0.29, 0.717) is 5.75 Å². The minimum atomic E-state index is -0.694. The van der Waals surface area contributed by atoms with Gasteiger partial charge < -0.3 is 14.8 Å². The smallest absolute Gasteiger partial charge is 0.308 e. The third kappa shape index (κ3) is 6.77. The number of carbonyl (C=O) groups excluding carboxylic acids is 2. The quantitative estimate of drug-likeness (QED) is 0.715. The highest BCUT2D eigenvalue weighted by molar-refractivity contribution is 5.82. The molecule has 0 bridgehead atoms. The predicted octanol–water partition coefficient (Wildman–Crippen LogP) is 3.96. The molecular formula is C22H27NO4. The van der Waals surface area contributed by atoms with Gasteiger partial charge in [-0.25, -0.2) is 0 Å². The summed E-state index contributed by atoms with van der Waals surface area (Å²) in [5.74, 6) is -0.0215. The van der Waals surface area contributed by atoms with Crippen molar-refractivity contribution >= 4 is 11.9 Å². The van der Waals surface area contributed by atoms with Gasteiger partial charge in [0.15, 0.2) is 6.10 Å². The van der Waals surface area contributed by atoms with E-state index in [1.807, 2.05) is 61.5 Å². The third-order valence-electron chi connectivity index (χ3n) is 3.96. The number of amides is 1. The second kappa shape index (κ2) is 9.76. The normalized spacial score (nSPS) is 12.9. The molecule has 2 rings (SSSR count). The molecule has 0 heterocycles. The van der Waals surface area contributed by atoms with E-state index in [4.69, 9.17) is 9.47 Å². The summed E-state index contributed by atoms with van der Waals surface area (Å²) in [5, 5.41) is 2.90. The number of carbonyl (C=O) groups is 2. The molecule has 0 fully saturated rings. The van der Waals surface area contributed by atoms with Gasteiger partial charge in [0.2, 0.25) is 0 Å². The SMILES string of the molecule is Cc1ccc(OC(C)C(=O)NC(CC(=O)OC(C)C)c2ccccc2)cc1. The molecule has 5 nitrogen and oxygen atoms in total. The van der Waals surface area contributed by atoms with Gasteiger partial charge in [0.05, 0.1) is 18.6 Å². The number of benzene rings is 2. The molecule has 2 atom stereocenters. The Bertz CT molecular complexity index is 741. The molecule has 0 aromatic heterocycles. The molecule has 0 spiro atoms. The standard InChI is InChI=1S/C22H27NO4/c1-15(2)26-21(24)14-20(18-8-6-5-7-9-18)23-22(25)17(4)27-19-12-10-16(3)11-13-19/h5-13,15,17,20H,14H2,1-4H3,(H,23,25). The lowest BCUT2D eigenvalue weighted by atomic mass is 10.0. The molecular weight excluding hydrogens is 342 g/mol. The highest BCUT2D eigenvalue weighted by Gasteiger charge is 2.23. The van der Waals surface area contributed by atoms with Crippen LogP contribution in [0.4, 0.5) is 0 Å². The minimum absolute atomic E-state index is 0.0607. The average molecular weight is 369 g/mol. The van der Waals surface area contributed by atoms with Crippen LogP contribution in [0.25, 0.3) is 0 Å². The maximum Gasteiger partial charge on any atom is 0.308 e. The van der Waals surface area contributed by atoms with E-state index in [0.717, 1.165) is 11.1 Å². The minimum Gasteiger partial charge on any atom is -0.481 e. The summed E-state index contributed by atoms with van der Waals surface area (Å²) < 4.78 is 10.9. The molecule has 0 saturated carbocycles. The summed E-state index contributed by atoms with van der Waals surface area (Å²) in [6.45, 7) is 7.27. The van der Waals surface area contributed by atoms with Gasteiger partial charge in [0.25, 0.3) is 5.91 Å². The lowest BCUT2D eigenvalue weighted by molar-refractivity contribution is -0.148. The fourth-order valence-corrected chi connectivity index (χ4v) is 2.58. The van der Waals surface area contributed by atoms with Gasteiger partial charge in [0.1, 0.15) is 5.75 Å². The third-order valence-corrected chi connectivity index (χ3v) is 3.96. The second-order valence-corrected chi connectivity index (χ2v) is 6.79.